The van der Waals surface area contributed by atoms with Crippen LogP contribution in [0.5, 0.6) is 17.2 Å². The summed E-state index contributed by atoms with van der Waals surface area (Å²) in [6.45, 7) is 4.14. The number of carbonyl (C=O) groups is 2. The second kappa shape index (κ2) is 7.80. The summed E-state index contributed by atoms with van der Waals surface area (Å²) in [4.78, 5) is 23.9. The maximum absolute atomic E-state index is 12.0. The third kappa shape index (κ3) is 3.48. The molecule has 0 amide bonds. The molecule has 1 atom stereocenters. The maximum Gasteiger partial charge on any atom is 0.338 e. The summed E-state index contributed by atoms with van der Waals surface area (Å²) >= 11 is 0. The van der Waals surface area contributed by atoms with Crippen molar-refractivity contribution in [3.05, 3.63) is 41.5 Å². The molecule has 2 aromatic rings. The first kappa shape index (κ1) is 21.0. The first-order valence-corrected chi connectivity index (χ1v) is 10.3. The highest BCUT2D eigenvalue weighted by Gasteiger charge is 2.59. The average molecular weight is 426 g/mol. The number of aliphatic carboxylic acids is 1. The van der Waals surface area contributed by atoms with Crippen LogP contribution in [-0.2, 0) is 16.1 Å². The van der Waals surface area contributed by atoms with E-state index in [4.69, 9.17) is 18.9 Å². The van der Waals surface area contributed by atoms with Gasteiger partial charge in [0.15, 0.2) is 11.5 Å². The van der Waals surface area contributed by atoms with Crippen LogP contribution in [0.25, 0.3) is 11.1 Å². The fraction of sp³-hybridized carbons (Fsp3) is 0.417. The van der Waals surface area contributed by atoms with Gasteiger partial charge in [0.1, 0.15) is 18.1 Å². The second-order valence-corrected chi connectivity index (χ2v) is 8.37. The van der Waals surface area contributed by atoms with E-state index in [2.05, 4.69) is 0 Å². The topological polar surface area (TPSA) is 91.3 Å². The molecule has 7 heteroatoms. The van der Waals surface area contributed by atoms with Gasteiger partial charge in [-0.15, -0.1) is 0 Å². The number of esters is 1. The standard InChI is InChI=1S/C24H26O7/c1-13(2)21(24(9-10-24)23(26)27)31-19-16(7-8-18(28-3)20(19)29-4)14-5-6-17-15(11-14)12-30-22(17)25/h5-8,11,13,21H,9-10,12H2,1-4H3,(H,26,27). The van der Waals surface area contributed by atoms with Crippen molar-refractivity contribution >= 4 is 11.9 Å². The number of carbonyl (C=O) groups excluding carboxylic acids is 1. The summed E-state index contributed by atoms with van der Waals surface area (Å²) in [5, 5.41) is 9.86. The molecule has 7 nitrogen and oxygen atoms in total. The zero-order valence-electron chi connectivity index (χ0n) is 18.1. The number of carboxylic acid groups (broad SMARTS) is 1. The van der Waals surface area contributed by atoms with Gasteiger partial charge in [0, 0.05) is 11.1 Å². The van der Waals surface area contributed by atoms with Crippen LogP contribution in [0.2, 0.25) is 0 Å². The molecule has 1 heterocycles. The van der Waals surface area contributed by atoms with Gasteiger partial charge in [0.25, 0.3) is 0 Å². The molecule has 2 aliphatic rings. The molecular formula is C24H26O7. The Morgan fingerprint density at radius 1 is 1.06 bits per heavy atom. The van der Waals surface area contributed by atoms with Gasteiger partial charge in [-0.3, -0.25) is 4.79 Å². The first-order chi connectivity index (χ1) is 14.8. The highest BCUT2D eigenvalue weighted by atomic mass is 16.5. The second-order valence-electron chi connectivity index (χ2n) is 8.37. The summed E-state index contributed by atoms with van der Waals surface area (Å²) in [5.41, 5.74) is 1.99. The van der Waals surface area contributed by atoms with Gasteiger partial charge in [0.2, 0.25) is 5.75 Å². The summed E-state index contributed by atoms with van der Waals surface area (Å²) in [6, 6.07) is 9.09. The minimum absolute atomic E-state index is 0.0339. The number of benzene rings is 2. The van der Waals surface area contributed by atoms with Crippen LogP contribution in [0.1, 0.15) is 42.6 Å². The molecule has 1 aliphatic carbocycles. The quantitative estimate of drug-likeness (QED) is 0.629. The highest BCUT2D eigenvalue weighted by molar-refractivity contribution is 5.94. The Morgan fingerprint density at radius 2 is 1.77 bits per heavy atom. The van der Waals surface area contributed by atoms with Crippen molar-refractivity contribution in [2.75, 3.05) is 14.2 Å². The smallest absolute Gasteiger partial charge is 0.338 e. The van der Waals surface area contributed by atoms with E-state index >= 15 is 0 Å². The Bertz CT molecular complexity index is 1040. The lowest BCUT2D eigenvalue weighted by Gasteiger charge is -2.30. The van der Waals surface area contributed by atoms with Gasteiger partial charge >= 0.3 is 11.9 Å². The Balaban J connectivity index is 1.84. The molecule has 1 fully saturated rings. The van der Waals surface area contributed by atoms with Crippen LogP contribution < -0.4 is 14.2 Å². The van der Waals surface area contributed by atoms with Gasteiger partial charge < -0.3 is 24.1 Å². The predicted octanol–water partition coefficient (Wildman–Crippen LogP) is 4.31. The normalized spacial score (nSPS) is 17.0. The van der Waals surface area contributed by atoms with Crippen molar-refractivity contribution in [3.63, 3.8) is 0 Å². The minimum atomic E-state index is -0.905. The SMILES string of the molecule is COc1ccc(-c2ccc3c(c2)COC3=O)c(OC(C(C)C)C2(C(=O)O)CC2)c1OC. The lowest BCUT2D eigenvalue weighted by Crippen LogP contribution is -2.39. The van der Waals surface area contributed by atoms with Crippen molar-refractivity contribution in [2.45, 2.75) is 39.4 Å². The molecule has 31 heavy (non-hydrogen) atoms. The zero-order valence-corrected chi connectivity index (χ0v) is 18.1. The molecule has 1 aliphatic heterocycles. The predicted molar refractivity (Wildman–Crippen MR) is 113 cm³/mol. The van der Waals surface area contributed by atoms with E-state index in [1.54, 1.807) is 19.2 Å². The number of methoxy groups -OCH3 is 2. The van der Waals surface area contributed by atoms with Crippen molar-refractivity contribution in [2.24, 2.45) is 11.3 Å². The monoisotopic (exact) mass is 426 g/mol. The van der Waals surface area contributed by atoms with Crippen molar-refractivity contribution in [3.8, 4) is 28.4 Å². The molecule has 0 aromatic heterocycles. The number of hydrogen-bond donors (Lipinski definition) is 1. The van der Waals surface area contributed by atoms with E-state index in [-0.39, 0.29) is 18.5 Å². The Labute approximate surface area is 180 Å². The van der Waals surface area contributed by atoms with E-state index in [1.807, 2.05) is 32.0 Å². The summed E-state index contributed by atoms with van der Waals surface area (Å²) in [5.74, 6) is 0.111. The van der Waals surface area contributed by atoms with E-state index in [1.165, 1.54) is 7.11 Å². The number of carboxylic acids is 1. The van der Waals surface area contributed by atoms with Gasteiger partial charge in [-0.2, -0.15) is 0 Å². The van der Waals surface area contributed by atoms with E-state index in [9.17, 15) is 14.7 Å². The zero-order chi connectivity index (χ0) is 22.3. The van der Waals surface area contributed by atoms with Gasteiger partial charge in [0.05, 0.1) is 19.8 Å². The molecule has 164 valence electrons. The van der Waals surface area contributed by atoms with Crippen LogP contribution in [0.15, 0.2) is 30.3 Å². The third-order valence-corrected chi connectivity index (χ3v) is 6.10. The van der Waals surface area contributed by atoms with Crippen LogP contribution in [0.4, 0.5) is 0 Å². The van der Waals surface area contributed by atoms with Gasteiger partial charge in [-0.1, -0.05) is 19.9 Å². The molecule has 1 saturated carbocycles. The van der Waals surface area contributed by atoms with Gasteiger partial charge in [-0.25, -0.2) is 4.79 Å². The molecular weight excluding hydrogens is 400 g/mol. The molecule has 0 bridgehead atoms. The molecule has 2 aromatic carbocycles. The van der Waals surface area contributed by atoms with Crippen LogP contribution >= 0.6 is 0 Å². The Hall–Kier alpha value is -3.22. The highest BCUT2D eigenvalue weighted by Crippen LogP contribution is 2.54. The molecule has 0 spiro atoms. The number of fused-ring (bicyclic) bond motifs is 1. The number of hydrogen-bond acceptors (Lipinski definition) is 6. The third-order valence-electron chi connectivity index (χ3n) is 6.10. The summed E-state index contributed by atoms with van der Waals surface area (Å²) in [7, 11) is 3.07. The summed E-state index contributed by atoms with van der Waals surface area (Å²) in [6.07, 6.45) is 0.611. The number of ether oxygens (including phenoxy) is 4. The minimum Gasteiger partial charge on any atom is -0.493 e. The molecule has 0 radical (unpaired) electrons. The van der Waals surface area contributed by atoms with E-state index < -0.39 is 17.5 Å². The van der Waals surface area contributed by atoms with Crippen LogP contribution in [0.3, 0.4) is 0 Å². The average Bonchev–Trinajstić information content (AvgIpc) is 3.48. The maximum atomic E-state index is 12.0. The molecule has 1 N–H and O–H groups in total. The molecule has 4 rings (SSSR count). The molecule has 0 saturated heterocycles. The Morgan fingerprint density at radius 3 is 2.35 bits per heavy atom. The molecule has 1 unspecified atom stereocenters. The lowest BCUT2D eigenvalue weighted by molar-refractivity contribution is -0.148. The van der Waals surface area contributed by atoms with Gasteiger partial charge in [-0.05, 0) is 48.6 Å². The van der Waals surface area contributed by atoms with Crippen LogP contribution in [0, 0.1) is 11.3 Å². The Kier molecular flexibility index (Phi) is 5.29. The largest absolute Gasteiger partial charge is 0.493 e. The van der Waals surface area contributed by atoms with E-state index in [0.717, 1.165) is 16.7 Å². The number of rotatable bonds is 8. The fourth-order valence-electron chi connectivity index (χ4n) is 4.31. The summed E-state index contributed by atoms with van der Waals surface area (Å²) < 4.78 is 22.7. The lowest BCUT2D eigenvalue weighted by atomic mass is 9.90. The fourth-order valence-corrected chi connectivity index (χ4v) is 4.31. The van der Waals surface area contributed by atoms with Crippen LogP contribution in [-0.4, -0.2) is 37.4 Å². The van der Waals surface area contributed by atoms with Crippen molar-refractivity contribution < 1.29 is 33.6 Å². The first-order valence-electron chi connectivity index (χ1n) is 10.3. The van der Waals surface area contributed by atoms with Crippen molar-refractivity contribution in [1.82, 2.24) is 0 Å². The van der Waals surface area contributed by atoms with Crippen molar-refractivity contribution in [1.29, 1.82) is 0 Å². The van der Waals surface area contributed by atoms with E-state index in [0.29, 0.717) is 35.7 Å². The number of cyclic esters (lactones) is 1.